The average molecular weight is 412 g/mol. The summed E-state index contributed by atoms with van der Waals surface area (Å²) in [5.41, 5.74) is 1.14. The van der Waals surface area contributed by atoms with Gasteiger partial charge in [0, 0.05) is 8.59 Å². The first kappa shape index (κ1) is 15.6. The van der Waals surface area contributed by atoms with Crippen molar-refractivity contribution in [3.63, 3.8) is 0 Å². The summed E-state index contributed by atoms with van der Waals surface area (Å²) in [6, 6.07) is 5.81. The molecule has 20 heavy (non-hydrogen) atoms. The Morgan fingerprint density at radius 1 is 1.05 bits per heavy atom. The summed E-state index contributed by atoms with van der Waals surface area (Å²) in [5.74, 6) is -2.33. The zero-order chi connectivity index (χ0) is 14.9. The average Bonchev–Trinajstić information content (AvgIpc) is 2.38. The van der Waals surface area contributed by atoms with Crippen molar-refractivity contribution in [2.24, 2.45) is 0 Å². The third-order valence-electron chi connectivity index (χ3n) is 2.91. The monoisotopic (exact) mass is 411 g/mol. The van der Waals surface area contributed by atoms with Gasteiger partial charge < -0.3 is 5.32 Å². The van der Waals surface area contributed by atoms with E-state index in [1.165, 1.54) is 12.1 Å². The van der Waals surface area contributed by atoms with Crippen LogP contribution in [0, 0.1) is 21.0 Å². The minimum absolute atomic E-state index is 0.114. The first-order valence-electron chi connectivity index (χ1n) is 5.70. The van der Waals surface area contributed by atoms with Crippen LogP contribution in [0.25, 0.3) is 0 Å². The van der Waals surface area contributed by atoms with Crippen molar-refractivity contribution < 1.29 is 13.2 Å². The van der Waals surface area contributed by atoms with Crippen molar-refractivity contribution in [3.05, 3.63) is 67.5 Å². The Morgan fingerprint density at radius 2 is 1.70 bits per heavy atom. The van der Waals surface area contributed by atoms with Crippen LogP contribution in [0.5, 0.6) is 0 Å². The van der Waals surface area contributed by atoms with E-state index < -0.39 is 17.7 Å². The maximum atomic E-state index is 13.4. The normalized spacial score (nSPS) is 12.5. The van der Waals surface area contributed by atoms with Gasteiger partial charge >= 0.3 is 0 Å². The van der Waals surface area contributed by atoms with E-state index in [0.29, 0.717) is 9.13 Å². The number of halogens is 5. The Kier molecular flexibility index (Phi) is 4.93. The summed E-state index contributed by atoms with van der Waals surface area (Å²) in [4.78, 5) is 0. The molecule has 0 saturated heterocycles. The molecule has 0 aliphatic heterocycles. The van der Waals surface area contributed by atoms with E-state index in [4.69, 9.17) is 11.6 Å². The molecular formula is C14H10ClF3IN. The fourth-order valence-corrected chi connectivity index (χ4v) is 3.02. The Balaban J connectivity index is 2.55. The second-order valence-corrected chi connectivity index (χ2v) is 5.74. The molecule has 2 rings (SSSR count). The van der Waals surface area contributed by atoms with Gasteiger partial charge in [0.2, 0.25) is 0 Å². The van der Waals surface area contributed by atoms with E-state index in [-0.39, 0.29) is 10.8 Å². The minimum Gasteiger partial charge on any atom is -0.309 e. The van der Waals surface area contributed by atoms with Crippen LogP contribution in [0.2, 0.25) is 5.02 Å². The number of hydrogen-bond donors (Lipinski definition) is 1. The number of benzene rings is 2. The van der Waals surface area contributed by atoms with Crippen molar-refractivity contribution in [2.75, 3.05) is 7.05 Å². The summed E-state index contributed by atoms with van der Waals surface area (Å²) in [7, 11) is 1.67. The van der Waals surface area contributed by atoms with Gasteiger partial charge in [-0.2, -0.15) is 0 Å². The van der Waals surface area contributed by atoms with Crippen LogP contribution in [0.15, 0.2) is 30.3 Å². The molecule has 0 amide bonds. The molecule has 0 radical (unpaired) electrons. The maximum Gasteiger partial charge on any atom is 0.160 e. The Hall–Kier alpha value is -0.790. The molecular weight excluding hydrogens is 402 g/mol. The van der Waals surface area contributed by atoms with Gasteiger partial charge in [0.25, 0.3) is 0 Å². The topological polar surface area (TPSA) is 12.0 Å². The first-order chi connectivity index (χ1) is 9.43. The highest BCUT2D eigenvalue weighted by Crippen LogP contribution is 2.32. The fraction of sp³-hybridized carbons (Fsp3) is 0.143. The largest absolute Gasteiger partial charge is 0.309 e. The molecule has 0 fully saturated rings. The van der Waals surface area contributed by atoms with Gasteiger partial charge in [-0.05, 0) is 65.0 Å². The van der Waals surface area contributed by atoms with Crippen LogP contribution < -0.4 is 5.32 Å². The van der Waals surface area contributed by atoms with E-state index in [0.717, 1.165) is 17.7 Å². The van der Waals surface area contributed by atoms with E-state index in [2.05, 4.69) is 5.32 Å². The van der Waals surface area contributed by atoms with Gasteiger partial charge in [0.05, 0.1) is 6.04 Å². The zero-order valence-corrected chi connectivity index (χ0v) is 13.3. The van der Waals surface area contributed by atoms with Gasteiger partial charge in [-0.1, -0.05) is 17.7 Å². The molecule has 0 aliphatic carbocycles. The summed E-state index contributed by atoms with van der Waals surface area (Å²) in [6.07, 6.45) is 0. The lowest BCUT2D eigenvalue weighted by atomic mass is 9.98. The molecule has 2 aromatic carbocycles. The van der Waals surface area contributed by atoms with Gasteiger partial charge in [-0.15, -0.1) is 0 Å². The Labute approximate surface area is 133 Å². The molecule has 1 nitrogen and oxygen atoms in total. The quantitative estimate of drug-likeness (QED) is 0.572. The second kappa shape index (κ2) is 6.32. The molecule has 1 unspecified atom stereocenters. The van der Waals surface area contributed by atoms with Crippen LogP contribution in [-0.4, -0.2) is 7.05 Å². The van der Waals surface area contributed by atoms with Gasteiger partial charge in [0.1, 0.15) is 5.82 Å². The SMILES string of the molecule is CNC(c1cc(F)c(F)cc1Cl)c1ccc(F)cc1I. The highest BCUT2D eigenvalue weighted by molar-refractivity contribution is 14.1. The van der Waals surface area contributed by atoms with Crippen molar-refractivity contribution in [2.45, 2.75) is 6.04 Å². The van der Waals surface area contributed by atoms with Gasteiger partial charge in [0.15, 0.2) is 11.6 Å². The second-order valence-electron chi connectivity index (χ2n) is 4.18. The zero-order valence-electron chi connectivity index (χ0n) is 10.4. The van der Waals surface area contributed by atoms with Crippen LogP contribution in [0.1, 0.15) is 17.2 Å². The molecule has 0 bridgehead atoms. The maximum absolute atomic E-state index is 13.4. The van der Waals surface area contributed by atoms with E-state index >= 15 is 0 Å². The molecule has 1 N–H and O–H groups in total. The standard InChI is InChI=1S/C14H10ClF3IN/c1-20-14(8-3-2-7(16)4-13(8)19)9-5-11(17)12(18)6-10(9)15/h2-6,14,20H,1H3. The molecule has 0 aromatic heterocycles. The van der Waals surface area contributed by atoms with Gasteiger partial charge in [-0.25, -0.2) is 13.2 Å². The number of nitrogens with one attached hydrogen (secondary N) is 1. The van der Waals surface area contributed by atoms with Crippen LogP contribution in [0.3, 0.4) is 0 Å². The molecule has 6 heteroatoms. The summed E-state index contributed by atoms with van der Waals surface area (Å²) in [6.45, 7) is 0. The molecule has 0 spiro atoms. The van der Waals surface area contributed by atoms with E-state index in [1.54, 1.807) is 13.1 Å². The molecule has 1 atom stereocenters. The summed E-state index contributed by atoms with van der Waals surface area (Å²) < 4.78 is 40.4. The molecule has 0 aliphatic rings. The van der Waals surface area contributed by atoms with Crippen LogP contribution >= 0.6 is 34.2 Å². The Morgan fingerprint density at radius 3 is 2.30 bits per heavy atom. The lowest BCUT2D eigenvalue weighted by Gasteiger charge is -2.20. The summed E-state index contributed by atoms with van der Waals surface area (Å²) >= 11 is 7.97. The van der Waals surface area contributed by atoms with Crippen molar-refractivity contribution >= 4 is 34.2 Å². The van der Waals surface area contributed by atoms with E-state index in [9.17, 15) is 13.2 Å². The predicted octanol–water partition coefficient (Wildman–Crippen LogP) is 4.67. The predicted molar refractivity (Wildman–Crippen MR) is 81.4 cm³/mol. The van der Waals surface area contributed by atoms with Crippen molar-refractivity contribution in [1.29, 1.82) is 0 Å². The van der Waals surface area contributed by atoms with Crippen LogP contribution in [0.4, 0.5) is 13.2 Å². The third-order valence-corrected chi connectivity index (χ3v) is 4.17. The highest BCUT2D eigenvalue weighted by atomic mass is 127. The molecule has 106 valence electrons. The third kappa shape index (κ3) is 3.10. The van der Waals surface area contributed by atoms with Gasteiger partial charge in [-0.3, -0.25) is 0 Å². The molecule has 2 aromatic rings. The van der Waals surface area contributed by atoms with Crippen LogP contribution in [-0.2, 0) is 0 Å². The molecule has 0 saturated carbocycles. The summed E-state index contributed by atoms with van der Waals surface area (Å²) in [5, 5.41) is 3.10. The highest BCUT2D eigenvalue weighted by Gasteiger charge is 2.20. The first-order valence-corrected chi connectivity index (χ1v) is 7.16. The van der Waals surface area contributed by atoms with Crippen molar-refractivity contribution in [1.82, 2.24) is 5.32 Å². The lowest BCUT2D eigenvalue weighted by molar-refractivity contribution is 0.505. The molecule has 0 heterocycles. The Bertz CT molecular complexity index is 649. The van der Waals surface area contributed by atoms with Crippen molar-refractivity contribution in [3.8, 4) is 0 Å². The number of rotatable bonds is 3. The van der Waals surface area contributed by atoms with E-state index in [1.807, 2.05) is 22.6 Å². The lowest BCUT2D eigenvalue weighted by Crippen LogP contribution is -2.19. The minimum atomic E-state index is -0.998. The fourth-order valence-electron chi connectivity index (χ4n) is 1.97. The number of hydrogen-bond acceptors (Lipinski definition) is 1. The smallest absolute Gasteiger partial charge is 0.160 e.